The van der Waals surface area contributed by atoms with Crippen LogP contribution in [0.2, 0.25) is 0 Å². The van der Waals surface area contributed by atoms with E-state index < -0.39 is 0 Å². The number of ether oxygens (including phenoxy) is 1. The zero-order valence-corrected chi connectivity index (χ0v) is 13.8. The monoisotopic (exact) mass is 355 g/mol. The number of nitrogens with one attached hydrogen (secondary N) is 1. The summed E-state index contributed by atoms with van der Waals surface area (Å²) in [5.74, 6) is 0. The van der Waals surface area contributed by atoms with Gasteiger partial charge in [0.1, 0.15) is 4.47 Å². The molecule has 116 valence electrons. The van der Waals surface area contributed by atoms with Crippen molar-refractivity contribution in [3.8, 4) is 0 Å². The zero-order chi connectivity index (χ0) is 15.1. The number of hydrogen-bond acceptors (Lipinski definition) is 4. The van der Waals surface area contributed by atoms with E-state index in [0.717, 1.165) is 0 Å². The summed E-state index contributed by atoms with van der Waals surface area (Å²) < 4.78 is 7.70. The van der Waals surface area contributed by atoms with Crippen molar-refractivity contribution in [2.45, 2.75) is 44.8 Å². The SMILES string of the molecule is C=CCn1ncc(NCCOC2CCCCC2)c(Br)c1=O. The third-order valence-electron chi connectivity index (χ3n) is 3.61. The van der Waals surface area contributed by atoms with Crippen molar-refractivity contribution in [1.82, 2.24) is 9.78 Å². The molecule has 0 atom stereocenters. The molecule has 1 aromatic rings. The quantitative estimate of drug-likeness (QED) is 0.603. The summed E-state index contributed by atoms with van der Waals surface area (Å²) in [6.07, 6.45) is 9.91. The van der Waals surface area contributed by atoms with E-state index in [2.05, 4.69) is 32.9 Å². The second kappa shape index (κ2) is 8.34. The molecule has 0 unspecified atom stereocenters. The van der Waals surface area contributed by atoms with Gasteiger partial charge in [0, 0.05) is 6.54 Å². The Morgan fingerprint density at radius 1 is 1.48 bits per heavy atom. The van der Waals surface area contributed by atoms with E-state index in [9.17, 15) is 4.79 Å². The average molecular weight is 356 g/mol. The van der Waals surface area contributed by atoms with Crippen LogP contribution in [-0.2, 0) is 11.3 Å². The van der Waals surface area contributed by atoms with Gasteiger partial charge in [-0.05, 0) is 28.8 Å². The molecule has 1 aliphatic carbocycles. The number of allylic oxidation sites excluding steroid dienone is 1. The van der Waals surface area contributed by atoms with Gasteiger partial charge < -0.3 is 10.1 Å². The Hall–Kier alpha value is -1.14. The summed E-state index contributed by atoms with van der Waals surface area (Å²) in [7, 11) is 0. The fraction of sp³-hybridized carbons (Fsp3) is 0.600. The van der Waals surface area contributed by atoms with Crippen molar-refractivity contribution in [2.24, 2.45) is 0 Å². The lowest BCUT2D eigenvalue weighted by Crippen LogP contribution is -2.25. The van der Waals surface area contributed by atoms with Crippen molar-refractivity contribution >= 4 is 21.6 Å². The van der Waals surface area contributed by atoms with Gasteiger partial charge in [-0.25, -0.2) is 4.68 Å². The van der Waals surface area contributed by atoms with E-state index in [0.29, 0.717) is 36.0 Å². The molecule has 0 aromatic carbocycles. The van der Waals surface area contributed by atoms with E-state index in [-0.39, 0.29) is 5.56 Å². The minimum atomic E-state index is -0.159. The Labute approximate surface area is 133 Å². The van der Waals surface area contributed by atoms with E-state index in [4.69, 9.17) is 4.74 Å². The molecule has 0 bridgehead atoms. The summed E-state index contributed by atoms with van der Waals surface area (Å²) in [5.41, 5.74) is 0.542. The summed E-state index contributed by atoms with van der Waals surface area (Å²) >= 11 is 3.32. The van der Waals surface area contributed by atoms with Gasteiger partial charge in [0.25, 0.3) is 5.56 Å². The van der Waals surface area contributed by atoms with Gasteiger partial charge >= 0.3 is 0 Å². The Morgan fingerprint density at radius 2 is 2.24 bits per heavy atom. The third kappa shape index (κ3) is 4.68. The maximum absolute atomic E-state index is 12.0. The van der Waals surface area contributed by atoms with Crippen LogP contribution in [0.1, 0.15) is 32.1 Å². The van der Waals surface area contributed by atoms with Crippen LogP contribution in [0.25, 0.3) is 0 Å². The molecular weight excluding hydrogens is 334 g/mol. The predicted molar refractivity (Wildman–Crippen MR) is 87.7 cm³/mol. The lowest BCUT2D eigenvalue weighted by atomic mass is 9.98. The smallest absolute Gasteiger partial charge is 0.283 e. The number of anilines is 1. The summed E-state index contributed by atoms with van der Waals surface area (Å²) in [6.45, 7) is 5.33. The highest BCUT2D eigenvalue weighted by molar-refractivity contribution is 9.10. The Kier molecular flexibility index (Phi) is 6.45. The summed E-state index contributed by atoms with van der Waals surface area (Å²) in [4.78, 5) is 12.0. The maximum atomic E-state index is 12.0. The zero-order valence-electron chi connectivity index (χ0n) is 12.2. The van der Waals surface area contributed by atoms with Crippen LogP contribution in [0, 0.1) is 0 Å². The highest BCUT2D eigenvalue weighted by Crippen LogP contribution is 2.20. The molecule has 1 saturated carbocycles. The Morgan fingerprint density at radius 3 is 2.95 bits per heavy atom. The van der Waals surface area contributed by atoms with Crippen LogP contribution in [0.4, 0.5) is 5.69 Å². The van der Waals surface area contributed by atoms with E-state index in [1.54, 1.807) is 12.3 Å². The van der Waals surface area contributed by atoms with Crippen LogP contribution in [0.3, 0.4) is 0 Å². The first-order valence-electron chi connectivity index (χ1n) is 7.44. The number of aromatic nitrogens is 2. The molecule has 0 amide bonds. The molecule has 0 radical (unpaired) electrons. The second-order valence-electron chi connectivity index (χ2n) is 5.21. The molecule has 0 saturated heterocycles. The minimum absolute atomic E-state index is 0.159. The van der Waals surface area contributed by atoms with Gasteiger partial charge in [-0.1, -0.05) is 25.3 Å². The van der Waals surface area contributed by atoms with Gasteiger partial charge in [0.15, 0.2) is 0 Å². The molecule has 21 heavy (non-hydrogen) atoms. The van der Waals surface area contributed by atoms with Crippen LogP contribution in [0.5, 0.6) is 0 Å². The highest BCUT2D eigenvalue weighted by Gasteiger charge is 2.13. The molecule has 1 fully saturated rings. The lowest BCUT2D eigenvalue weighted by molar-refractivity contribution is 0.0347. The third-order valence-corrected chi connectivity index (χ3v) is 4.38. The molecule has 2 rings (SSSR count). The second-order valence-corrected chi connectivity index (χ2v) is 6.00. The van der Waals surface area contributed by atoms with Gasteiger partial charge in [-0.3, -0.25) is 4.79 Å². The minimum Gasteiger partial charge on any atom is -0.380 e. The molecule has 1 heterocycles. The maximum Gasteiger partial charge on any atom is 0.283 e. The van der Waals surface area contributed by atoms with Crippen LogP contribution >= 0.6 is 15.9 Å². The molecule has 0 aliphatic heterocycles. The number of nitrogens with zero attached hydrogens (tertiary/aromatic N) is 2. The fourth-order valence-corrected chi connectivity index (χ4v) is 2.93. The molecule has 5 nitrogen and oxygen atoms in total. The lowest BCUT2D eigenvalue weighted by Gasteiger charge is -2.22. The first-order valence-corrected chi connectivity index (χ1v) is 8.23. The average Bonchev–Trinajstić information content (AvgIpc) is 2.51. The van der Waals surface area contributed by atoms with Crippen molar-refractivity contribution in [2.75, 3.05) is 18.5 Å². The fourth-order valence-electron chi connectivity index (χ4n) is 2.48. The molecule has 6 heteroatoms. The van der Waals surface area contributed by atoms with E-state index in [1.807, 2.05) is 0 Å². The van der Waals surface area contributed by atoms with Gasteiger partial charge in [-0.2, -0.15) is 5.10 Å². The van der Waals surface area contributed by atoms with Crippen molar-refractivity contribution < 1.29 is 4.74 Å². The first-order chi connectivity index (χ1) is 10.2. The number of rotatable bonds is 7. The topological polar surface area (TPSA) is 56.1 Å². The standard InChI is InChI=1S/C15H22BrN3O2/c1-2-9-19-15(20)14(16)13(11-18-19)17-8-10-21-12-6-4-3-5-7-12/h2,11-12,17H,1,3-10H2. The Bertz CT molecular complexity index is 524. The first kappa shape index (κ1) is 16.2. The van der Waals surface area contributed by atoms with Gasteiger partial charge in [0.2, 0.25) is 0 Å². The van der Waals surface area contributed by atoms with Crippen molar-refractivity contribution in [3.63, 3.8) is 0 Å². The molecule has 0 spiro atoms. The van der Waals surface area contributed by atoms with E-state index in [1.165, 1.54) is 36.8 Å². The van der Waals surface area contributed by atoms with Crippen LogP contribution in [-0.4, -0.2) is 29.0 Å². The highest BCUT2D eigenvalue weighted by atomic mass is 79.9. The van der Waals surface area contributed by atoms with Crippen LogP contribution in [0.15, 0.2) is 28.1 Å². The molecular formula is C15H22BrN3O2. The van der Waals surface area contributed by atoms with Gasteiger partial charge in [0.05, 0.1) is 31.1 Å². The summed E-state index contributed by atoms with van der Waals surface area (Å²) in [5, 5.41) is 7.29. The Balaban J connectivity index is 1.81. The summed E-state index contributed by atoms with van der Waals surface area (Å²) in [6, 6.07) is 0. The number of hydrogen-bond donors (Lipinski definition) is 1. The normalized spacial score (nSPS) is 15.9. The van der Waals surface area contributed by atoms with E-state index >= 15 is 0 Å². The molecule has 1 aliphatic rings. The number of halogens is 1. The van der Waals surface area contributed by atoms with Crippen LogP contribution < -0.4 is 10.9 Å². The predicted octanol–water partition coefficient (Wildman–Crippen LogP) is 2.95. The molecule has 1 aromatic heterocycles. The molecule has 1 N–H and O–H groups in total. The van der Waals surface area contributed by atoms with Gasteiger partial charge in [-0.15, -0.1) is 6.58 Å². The van der Waals surface area contributed by atoms with Crippen molar-refractivity contribution in [3.05, 3.63) is 33.7 Å². The largest absolute Gasteiger partial charge is 0.380 e. The van der Waals surface area contributed by atoms with Crippen molar-refractivity contribution in [1.29, 1.82) is 0 Å².